The number of nitrogens with one attached hydrogen (secondary N) is 1. The van der Waals surface area contributed by atoms with Crippen LogP contribution < -0.4 is 10.2 Å². The number of para-hydroxylation sites is 1. The van der Waals surface area contributed by atoms with Crippen LogP contribution in [0, 0.1) is 17.0 Å². The van der Waals surface area contributed by atoms with Crippen molar-refractivity contribution in [2.45, 2.75) is 6.92 Å². The van der Waals surface area contributed by atoms with E-state index in [0.29, 0.717) is 12.2 Å². The number of piperazine rings is 1. The monoisotopic (exact) mass is 354 g/mol. The predicted octanol–water partition coefficient (Wildman–Crippen LogP) is 2.66. The lowest BCUT2D eigenvalue weighted by molar-refractivity contribution is -0.384. The smallest absolute Gasteiger partial charge is 0.269 e. The van der Waals surface area contributed by atoms with Gasteiger partial charge in [0.05, 0.1) is 11.5 Å². The standard InChI is InChI=1S/C19H22N4O3/c1-15-4-2-3-5-18(15)22-12-10-21(11-13-22)14-19(24)20-16-6-8-17(9-7-16)23(25)26/h2-9H,10-14H2,1H3,(H,20,24). The van der Waals surface area contributed by atoms with Crippen LogP contribution in [0.25, 0.3) is 0 Å². The van der Waals surface area contributed by atoms with E-state index in [1.807, 2.05) is 12.1 Å². The predicted molar refractivity (Wildman–Crippen MR) is 102 cm³/mol. The van der Waals surface area contributed by atoms with E-state index in [0.717, 1.165) is 26.2 Å². The summed E-state index contributed by atoms with van der Waals surface area (Å²) < 4.78 is 0. The first kappa shape index (κ1) is 17.9. The maximum absolute atomic E-state index is 12.2. The fourth-order valence-corrected chi connectivity index (χ4v) is 3.14. The average Bonchev–Trinajstić information content (AvgIpc) is 2.63. The lowest BCUT2D eigenvalue weighted by Gasteiger charge is -2.36. The lowest BCUT2D eigenvalue weighted by Crippen LogP contribution is -2.48. The largest absolute Gasteiger partial charge is 0.369 e. The van der Waals surface area contributed by atoms with Crippen molar-refractivity contribution in [1.82, 2.24) is 4.90 Å². The number of non-ortho nitro benzene ring substituents is 1. The second-order valence-electron chi connectivity index (χ2n) is 6.40. The SMILES string of the molecule is Cc1ccccc1N1CCN(CC(=O)Nc2ccc([N+](=O)[O-])cc2)CC1. The molecule has 1 aliphatic rings. The molecule has 0 bridgehead atoms. The normalized spacial score (nSPS) is 14.9. The van der Waals surface area contributed by atoms with Crippen molar-refractivity contribution < 1.29 is 9.72 Å². The summed E-state index contributed by atoms with van der Waals surface area (Å²) in [6.45, 7) is 5.84. The number of anilines is 2. The Kier molecular flexibility index (Phi) is 5.48. The van der Waals surface area contributed by atoms with Gasteiger partial charge in [0.2, 0.25) is 5.91 Å². The Labute approximate surface area is 152 Å². The van der Waals surface area contributed by atoms with Gasteiger partial charge < -0.3 is 10.2 Å². The van der Waals surface area contributed by atoms with Gasteiger partial charge in [-0.05, 0) is 30.7 Å². The van der Waals surface area contributed by atoms with E-state index in [9.17, 15) is 14.9 Å². The highest BCUT2D eigenvalue weighted by molar-refractivity contribution is 5.92. The molecule has 1 N–H and O–H groups in total. The van der Waals surface area contributed by atoms with Crippen LogP contribution in [0.1, 0.15) is 5.56 Å². The number of carbonyl (C=O) groups excluding carboxylic acids is 1. The number of nitro benzene ring substituents is 1. The van der Waals surface area contributed by atoms with Crippen LogP contribution in [-0.4, -0.2) is 48.5 Å². The first-order chi connectivity index (χ1) is 12.5. The van der Waals surface area contributed by atoms with Gasteiger partial charge in [0.1, 0.15) is 0 Å². The lowest BCUT2D eigenvalue weighted by atomic mass is 10.1. The third-order valence-electron chi connectivity index (χ3n) is 4.56. The fraction of sp³-hybridized carbons (Fsp3) is 0.316. The maximum Gasteiger partial charge on any atom is 0.269 e. The van der Waals surface area contributed by atoms with E-state index in [2.05, 4.69) is 34.2 Å². The molecule has 1 heterocycles. The summed E-state index contributed by atoms with van der Waals surface area (Å²) in [7, 11) is 0. The molecule has 2 aromatic rings. The Morgan fingerprint density at radius 1 is 1.08 bits per heavy atom. The molecule has 0 unspecified atom stereocenters. The molecular formula is C19H22N4O3. The Balaban J connectivity index is 1.49. The van der Waals surface area contributed by atoms with Crippen LogP contribution >= 0.6 is 0 Å². The van der Waals surface area contributed by atoms with Crippen molar-refractivity contribution >= 4 is 23.0 Å². The molecular weight excluding hydrogens is 332 g/mol. The molecule has 1 amide bonds. The molecule has 0 radical (unpaired) electrons. The van der Waals surface area contributed by atoms with Gasteiger partial charge in [0.25, 0.3) is 5.69 Å². The number of benzene rings is 2. The quantitative estimate of drug-likeness (QED) is 0.660. The van der Waals surface area contributed by atoms with Gasteiger partial charge in [-0.1, -0.05) is 18.2 Å². The topological polar surface area (TPSA) is 78.7 Å². The molecule has 0 atom stereocenters. The van der Waals surface area contributed by atoms with E-state index >= 15 is 0 Å². The first-order valence-corrected chi connectivity index (χ1v) is 8.60. The minimum Gasteiger partial charge on any atom is -0.369 e. The van der Waals surface area contributed by atoms with Crippen molar-refractivity contribution in [3.63, 3.8) is 0 Å². The summed E-state index contributed by atoms with van der Waals surface area (Å²) in [5, 5.41) is 13.4. The van der Waals surface area contributed by atoms with Crippen molar-refractivity contribution in [1.29, 1.82) is 0 Å². The summed E-state index contributed by atoms with van der Waals surface area (Å²) in [4.78, 5) is 26.9. The van der Waals surface area contributed by atoms with Gasteiger partial charge >= 0.3 is 0 Å². The molecule has 0 aromatic heterocycles. The van der Waals surface area contributed by atoms with Gasteiger partial charge in [-0.25, -0.2) is 0 Å². The van der Waals surface area contributed by atoms with Gasteiger partial charge in [0.15, 0.2) is 0 Å². The molecule has 0 aliphatic carbocycles. The zero-order valence-corrected chi connectivity index (χ0v) is 14.7. The molecule has 0 spiro atoms. The Bertz CT molecular complexity index is 784. The first-order valence-electron chi connectivity index (χ1n) is 8.60. The van der Waals surface area contributed by atoms with Gasteiger partial charge in [-0.15, -0.1) is 0 Å². The number of nitrogens with zero attached hydrogens (tertiary/aromatic N) is 3. The van der Waals surface area contributed by atoms with Crippen molar-refractivity contribution in [2.24, 2.45) is 0 Å². The van der Waals surface area contributed by atoms with Crippen LogP contribution in [0.2, 0.25) is 0 Å². The Morgan fingerprint density at radius 2 is 1.73 bits per heavy atom. The maximum atomic E-state index is 12.2. The summed E-state index contributed by atoms with van der Waals surface area (Å²) in [5.41, 5.74) is 3.09. The van der Waals surface area contributed by atoms with Gasteiger partial charge in [-0.3, -0.25) is 19.8 Å². The number of carbonyl (C=O) groups is 1. The highest BCUT2D eigenvalue weighted by Gasteiger charge is 2.20. The van der Waals surface area contributed by atoms with Crippen molar-refractivity contribution in [3.8, 4) is 0 Å². The molecule has 7 heteroatoms. The highest BCUT2D eigenvalue weighted by atomic mass is 16.6. The third kappa shape index (κ3) is 4.37. The zero-order chi connectivity index (χ0) is 18.5. The number of rotatable bonds is 5. The van der Waals surface area contributed by atoms with E-state index in [-0.39, 0.29) is 11.6 Å². The van der Waals surface area contributed by atoms with Crippen molar-refractivity contribution in [3.05, 3.63) is 64.2 Å². The number of aryl methyl sites for hydroxylation is 1. The summed E-state index contributed by atoms with van der Waals surface area (Å²) in [6, 6.07) is 14.2. The van der Waals surface area contributed by atoms with Gasteiger partial charge in [0, 0.05) is 49.7 Å². The zero-order valence-electron chi connectivity index (χ0n) is 14.7. The molecule has 1 saturated heterocycles. The van der Waals surface area contributed by atoms with E-state index in [4.69, 9.17) is 0 Å². The molecule has 136 valence electrons. The van der Waals surface area contributed by atoms with E-state index in [1.54, 1.807) is 12.1 Å². The minimum absolute atomic E-state index is 0.00956. The second-order valence-corrected chi connectivity index (χ2v) is 6.40. The summed E-state index contributed by atoms with van der Waals surface area (Å²) in [6.07, 6.45) is 0. The van der Waals surface area contributed by atoms with Crippen molar-refractivity contribution in [2.75, 3.05) is 42.9 Å². The van der Waals surface area contributed by atoms with Crippen LogP contribution in [0.3, 0.4) is 0 Å². The Morgan fingerprint density at radius 3 is 2.35 bits per heavy atom. The van der Waals surface area contributed by atoms with E-state index < -0.39 is 4.92 Å². The highest BCUT2D eigenvalue weighted by Crippen LogP contribution is 2.21. The summed E-state index contributed by atoms with van der Waals surface area (Å²) in [5.74, 6) is -0.108. The molecule has 0 saturated carbocycles. The summed E-state index contributed by atoms with van der Waals surface area (Å²) >= 11 is 0. The Hall–Kier alpha value is -2.93. The number of hydrogen-bond donors (Lipinski definition) is 1. The number of hydrogen-bond acceptors (Lipinski definition) is 5. The average molecular weight is 354 g/mol. The molecule has 3 rings (SSSR count). The minimum atomic E-state index is -0.459. The van der Waals surface area contributed by atoms with Gasteiger partial charge in [-0.2, -0.15) is 0 Å². The van der Waals surface area contributed by atoms with Crippen LogP contribution in [-0.2, 0) is 4.79 Å². The molecule has 1 fully saturated rings. The second kappa shape index (κ2) is 7.97. The third-order valence-corrected chi connectivity index (χ3v) is 4.56. The number of nitro groups is 1. The van der Waals surface area contributed by atoms with E-state index in [1.165, 1.54) is 23.4 Å². The van der Waals surface area contributed by atoms with Crippen LogP contribution in [0.5, 0.6) is 0 Å². The van der Waals surface area contributed by atoms with Crippen LogP contribution in [0.4, 0.5) is 17.1 Å². The molecule has 7 nitrogen and oxygen atoms in total. The molecule has 2 aromatic carbocycles. The molecule has 1 aliphatic heterocycles. The molecule has 26 heavy (non-hydrogen) atoms. The fourth-order valence-electron chi connectivity index (χ4n) is 3.14. The van der Waals surface area contributed by atoms with Crippen LogP contribution in [0.15, 0.2) is 48.5 Å². The number of amides is 1.